The molecule has 2 saturated carbocycles. The van der Waals surface area contributed by atoms with Gasteiger partial charge in [0.25, 0.3) is 0 Å². The molecule has 8 heteroatoms. The van der Waals surface area contributed by atoms with Crippen LogP contribution in [0.4, 0.5) is 13.2 Å². The first-order chi connectivity index (χ1) is 18.8. The van der Waals surface area contributed by atoms with E-state index in [9.17, 15) is 18.4 Å². The molecule has 3 aromatic rings. The Morgan fingerprint density at radius 2 is 1.79 bits per heavy atom. The molecule has 1 aromatic heterocycles. The lowest BCUT2D eigenvalue weighted by molar-refractivity contribution is -0.274. The Labute approximate surface area is 228 Å². The first-order valence-electron chi connectivity index (χ1n) is 14.2. The fraction of sp³-hybridized carbons (Fsp3) is 0.516. The summed E-state index contributed by atoms with van der Waals surface area (Å²) in [6, 6.07) is 15.5. The molecular weight excluding hydrogens is 501 g/mol. The highest BCUT2D eigenvalue weighted by atomic mass is 19.4. The molecule has 2 fully saturated rings. The van der Waals surface area contributed by atoms with E-state index in [0.29, 0.717) is 24.1 Å². The van der Waals surface area contributed by atoms with Gasteiger partial charge < -0.3 is 20.4 Å². The van der Waals surface area contributed by atoms with Crippen molar-refractivity contribution in [3.05, 3.63) is 65.4 Å². The number of hydrogen-bond donors (Lipinski definition) is 2. The number of nitrogens with zero attached hydrogens (tertiary/aromatic N) is 2. The zero-order chi connectivity index (χ0) is 27.4. The van der Waals surface area contributed by atoms with Crippen LogP contribution in [0.5, 0.6) is 5.75 Å². The van der Waals surface area contributed by atoms with Crippen LogP contribution in [0.3, 0.4) is 0 Å². The third-order valence-electron chi connectivity index (χ3n) is 8.47. The Kier molecular flexibility index (Phi) is 8.49. The molecule has 208 valence electrons. The zero-order valence-electron chi connectivity index (χ0n) is 22.2. The van der Waals surface area contributed by atoms with Crippen LogP contribution < -0.4 is 15.8 Å². The topological polar surface area (TPSA) is 76.0 Å². The van der Waals surface area contributed by atoms with E-state index in [0.717, 1.165) is 67.1 Å². The highest BCUT2D eigenvalue weighted by Crippen LogP contribution is 2.40. The van der Waals surface area contributed by atoms with E-state index in [1.165, 1.54) is 31.4 Å². The van der Waals surface area contributed by atoms with Crippen molar-refractivity contribution in [3.8, 4) is 11.8 Å². The van der Waals surface area contributed by atoms with Gasteiger partial charge in [0.05, 0.1) is 11.6 Å². The van der Waals surface area contributed by atoms with Crippen molar-refractivity contribution < 1.29 is 17.9 Å². The summed E-state index contributed by atoms with van der Waals surface area (Å²) in [7, 11) is 0. The molecule has 0 radical (unpaired) electrons. The molecule has 5 rings (SSSR count). The average Bonchev–Trinajstić information content (AvgIpc) is 3.30. The number of hydrogen-bond acceptors (Lipinski definition) is 4. The molecule has 0 bridgehead atoms. The number of ether oxygens (including phenoxy) is 1. The molecule has 3 N–H and O–H groups in total. The Bertz CT molecular complexity index is 1300. The van der Waals surface area contributed by atoms with Gasteiger partial charge in [0.15, 0.2) is 0 Å². The van der Waals surface area contributed by atoms with Crippen molar-refractivity contribution in [3.63, 3.8) is 0 Å². The van der Waals surface area contributed by atoms with Gasteiger partial charge in [-0.1, -0.05) is 31.4 Å². The van der Waals surface area contributed by atoms with Crippen molar-refractivity contribution in [2.24, 2.45) is 5.73 Å². The van der Waals surface area contributed by atoms with Crippen LogP contribution in [0.25, 0.3) is 10.9 Å². The van der Waals surface area contributed by atoms with Gasteiger partial charge >= 0.3 is 6.36 Å². The fourth-order valence-corrected chi connectivity index (χ4v) is 6.48. The van der Waals surface area contributed by atoms with Crippen LogP contribution in [-0.4, -0.2) is 29.6 Å². The molecule has 1 unspecified atom stereocenters. The molecule has 39 heavy (non-hydrogen) atoms. The van der Waals surface area contributed by atoms with E-state index >= 15 is 0 Å². The second-order valence-corrected chi connectivity index (χ2v) is 11.2. The summed E-state index contributed by atoms with van der Waals surface area (Å²) in [6.07, 6.45) is 8.05. The number of nitriles is 1. The maximum atomic E-state index is 13.1. The van der Waals surface area contributed by atoms with Crippen molar-refractivity contribution >= 4 is 10.9 Å². The van der Waals surface area contributed by atoms with Gasteiger partial charge in [0, 0.05) is 41.1 Å². The minimum absolute atomic E-state index is 0.165. The summed E-state index contributed by atoms with van der Waals surface area (Å²) in [6.45, 7) is 0.725. The quantitative estimate of drug-likeness (QED) is 0.316. The first-order valence-corrected chi connectivity index (χ1v) is 14.2. The number of nitrogens with one attached hydrogen (secondary N) is 1. The maximum absolute atomic E-state index is 13.1. The van der Waals surface area contributed by atoms with Crippen LogP contribution in [0.15, 0.2) is 48.7 Å². The van der Waals surface area contributed by atoms with Gasteiger partial charge in [-0.2, -0.15) is 5.26 Å². The van der Waals surface area contributed by atoms with Crippen molar-refractivity contribution in [1.82, 2.24) is 9.88 Å². The summed E-state index contributed by atoms with van der Waals surface area (Å²) in [5.74, 6) is -0.380. The highest BCUT2D eigenvalue weighted by Gasteiger charge is 2.32. The second kappa shape index (κ2) is 12.0. The molecule has 1 atom stereocenters. The predicted molar refractivity (Wildman–Crippen MR) is 147 cm³/mol. The molecule has 0 saturated heterocycles. The lowest BCUT2D eigenvalue weighted by atomic mass is 9.87. The van der Waals surface area contributed by atoms with E-state index in [1.807, 2.05) is 24.3 Å². The minimum Gasteiger partial charge on any atom is -0.406 e. The van der Waals surface area contributed by atoms with Gasteiger partial charge in [-0.25, -0.2) is 0 Å². The normalized spacial score (nSPS) is 21.5. The lowest BCUT2D eigenvalue weighted by Gasteiger charge is -2.28. The molecule has 5 nitrogen and oxygen atoms in total. The van der Waals surface area contributed by atoms with Crippen molar-refractivity contribution in [2.45, 2.75) is 94.6 Å². The Morgan fingerprint density at radius 1 is 1.03 bits per heavy atom. The molecule has 1 heterocycles. The predicted octanol–water partition coefficient (Wildman–Crippen LogP) is 7.30. The van der Waals surface area contributed by atoms with E-state index in [2.05, 4.69) is 26.9 Å². The number of rotatable bonds is 8. The molecule has 2 aliphatic rings. The van der Waals surface area contributed by atoms with Crippen molar-refractivity contribution in [1.29, 1.82) is 5.26 Å². The molecule has 0 aliphatic heterocycles. The lowest BCUT2D eigenvalue weighted by Crippen LogP contribution is -2.38. The smallest absolute Gasteiger partial charge is 0.406 e. The van der Waals surface area contributed by atoms with Gasteiger partial charge in [0.1, 0.15) is 5.75 Å². The van der Waals surface area contributed by atoms with Gasteiger partial charge in [-0.05, 0) is 92.9 Å². The molecular formula is C31H37F3N4O. The number of benzene rings is 2. The summed E-state index contributed by atoms with van der Waals surface area (Å²) in [5.41, 5.74) is 9.56. The standard InChI is InChI=1S/C31H37F3N4O/c32-31(33,34)39-26-8-4-5-22(18-26)27(15-16-37-24-12-10-23(36)11-13-24)29-20-38(25-6-2-1-3-7-25)30-14-9-21(19-35)17-28(29)30/h4-5,8-9,14,17-18,20,23-25,27,37H,1-3,6-7,10-13,15-16,36H2/t23-,24-,27?. The maximum Gasteiger partial charge on any atom is 0.573 e. The fourth-order valence-electron chi connectivity index (χ4n) is 6.48. The summed E-state index contributed by atoms with van der Waals surface area (Å²) in [5, 5.41) is 14.3. The third kappa shape index (κ3) is 6.77. The minimum atomic E-state index is -4.75. The van der Waals surface area contributed by atoms with Gasteiger partial charge in [-0.15, -0.1) is 13.2 Å². The van der Waals surface area contributed by atoms with Crippen molar-refractivity contribution in [2.75, 3.05) is 6.54 Å². The molecule has 2 aliphatic carbocycles. The van der Waals surface area contributed by atoms with Gasteiger partial charge in [0.2, 0.25) is 0 Å². The van der Waals surface area contributed by atoms with Gasteiger partial charge in [-0.3, -0.25) is 0 Å². The van der Waals surface area contributed by atoms with Crippen LogP contribution >= 0.6 is 0 Å². The first kappa shape index (κ1) is 27.5. The van der Waals surface area contributed by atoms with E-state index in [1.54, 1.807) is 6.07 Å². The number of nitrogens with two attached hydrogens (primary N) is 1. The van der Waals surface area contributed by atoms with Crippen LogP contribution in [-0.2, 0) is 0 Å². The second-order valence-electron chi connectivity index (χ2n) is 11.2. The average molecular weight is 539 g/mol. The van der Waals surface area contributed by atoms with Crippen LogP contribution in [0.1, 0.15) is 92.9 Å². The highest BCUT2D eigenvalue weighted by molar-refractivity contribution is 5.86. The summed E-state index contributed by atoms with van der Waals surface area (Å²) in [4.78, 5) is 0. The number of aromatic nitrogens is 1. The largest absolute Gasteiger partial charge is 0.573 e. The molecule has 0 amide bonds. The zero-order valence-corrected chi connectivity index (χ0v) is 22.2. The Balaban J connectivity index is 1.52. The Morgan fingerprint density at radius 3 is 2.51 bits per heavy atom. The van der Waals surface area contributed by atoms with E-state index in [4.69, 9.17) is 5.73 Å². The summed E-state index contributed by atoms with van der Waals surface area (Å²) >= 11 is 0. The summed E-state index contributed by atoms with van der Waals surface area (Å²) < 4.78 is 45.8. The SMILES string of the molecule is N#Cc1ccc2c(c1)c(C(CCN[C@H]1CC[C@H](N)CC1)c1cccc(OC(F)(F)F)c1)cn2C1CCCCC1. The molecule has 0 spiro atoms. The van der Waals surface area contributed by atoms with Crippen LogP contribution in [0, 0.1) is 11.3 Å². The molecule has 2 aromatic carbocycles. The number of fused-ring (bicyclic) bond motifs is 1. The third-order valence-corrected chi connectivity index (χ3v) is 8.47. The number of alkyl halides is 3. The Hall–Kier alpha value is -3.02. The monoisotopic (exact) mass is 538 g/mol. The van der Waals surface area contributed by atoms with Crippen LogP contribution in [0.2, 0.25) is 0 Å². The number of halogens is 3. The van der Waals surface area contributed by atoms with E-state index < -0.39 is 6.36 Å². The van der Waals surface area contributed by atoms with E-state index in [-0.39, 0.29) is 17.7 Å².